The Balaban J connectivity index is 1.71. The molecule has 0 N–H and O–H groups in total. The molecule has 0 spiro atoms. The van der Waals surface area contributed by atoms with E-state index in [0.29, 0.717) is 11.3 Å². The van der Waals surface area contributed by atoms with Crippen molar-refractivity contribution >= 4 is 17.6 Å². The van der Waals surface area contributed by atoms with E-state index in [4.69, 9.17) is 14.7 Å². The van der Waals surface area contributed by atoms with Gasteiger partial charge < -0.3 is 14.4 Å². The molecule has 0 bridgehead atoms. The first-order chi connectivity index (χ1) is 13.0. The van der Waals surface area contributed by atoms with Crippen molar-refractivity contribution in [1.82, 2.24) is 0 Å². The lowest BCUT2D eigenvalue weighted by Crippen LogP contribution is -2.27. The van der Waals surface area contributed by atoms with Crippen molar-refractivity contribution in [3.63, 3.8) is 0 Å². The highest BCUT2D eigenvalue weighted by Crippen LogP contribution is 2.31. The first kappa shape index (κ1) is 18.5. The molecule has 2 aromatic carbocycles. The van der Waals surface area contributed by atoms with Crippen LogP contribution in [-0.2, 0) is 16.0 Å². The fourth-order valence-electron chi connectivity index (χ4n) is 3.04. The van der Waals surface area contributed by atoms with Crippen LogP contribution in [0.4, 0.5) is 5.69 Å². The highest BCUT2D eigenvalue weighted by molar-refractivity contribution is 5.99. The third-order valence-electron chi connectivity index (χ3n) is 4.62. The summed E-state index contributed by atoms with van der Waals surface area (Å²) in [6, 6.07) is 14.3. The van der Waals surface area contributed by atoms with Gasteiger partial charge in [-0.1, -0.05) is 19.1 Å². The minimum absolute atomic E-state index is 0.104. The van der Waals surface area contributed by atoms with Gasteiger partial charge in [0, 0.05) is 24.7 Å². The maximum Gasteiger partial charge on any atom is 0.316 e. The molecule has 1 aliphatic heterocycles. The van der Waals surface area contributed by atoms with Gasteiger partial charge in [0.15, 0.2) is 11.5 Å². The molecule has 1 heterocycles. The summed E-state index contributed by atoms with van der Waals surface area (Å²) in [5.74, 6) is -0.603. The van der Waals surface area contributed by atoms with Gasteiger partial charge in [-0.2, -0.15) is 5.26 Å². The van der Waals surface area contributed by atoms with Crippen molar-refractivity contribution in [1.29, 1.82) is 5.26 Å². The van der Waals surface area contributed by atoms with E-state index in [1.54, 1.807) is 11.0 Å². The first-order valence-corrected chi connectivity index (χ1v) is 8.74. The number of rotatable bonds is 5. The van der Waals surface area contributed by atoms with Crippen LogP contribution in [0.2, 0.25) is 0 Å². The number of aryl methyl sites for hydroxylation is 1. The van der Waals surface area contributed by atoms with E-state index in [2.05, 4.69) is 6.92 Å². The zero-order valence-electron chi connectivity index (χ0n) is 15.3. The number of nitrogens with zero attached hydrogens (tertiary/aromatic N) is 2. The summed E-state index contributed by atoms with van der Waals surface area (Å²) in [4.78, 5) is 26.5. The molecule has 1 unspecified atom stereocenters. The summed E-state index contributed by atoms with van der Waals surface area (Å²) in [7, 11) is 1.44. The Bertz CT molecular complexity index is 899. The molecule has 0 saturated carbocycles. The van der Waals surface area contributed by atoms with E-state index in [1.807, 2.05) is 30.3 Å². The normalized spacial score (nSPS) is 16.1. The lowest BCUT2D eigenvalue weighted by molar-refractivity contribution is -0.139. The van der Waals surface area contributed by atoms with Crippen molar-refractivity contribution in [2.75, 3.05) is 18.6 Å². The first-order valence-electron chi connectivity index (χ1n) is 8.74. The van der Waals surface area contributed by atoms with E-state index in [-0.39, 0.29) is 24.6 Å². The molecule has 1 fully saturated rings. The van der Waals surface area contributed by atoms with Gasteiger partial charge in [-0.05, 0) is 36.2 Å². The summed E-state index contributed by atoms with van der Waals surface area (Å²) in [5.41, 5.74) is 2.38. The van der Waals surface area contributed by atoms with E-state index >= 15 is 0 Å². The smallest absolute Gasteiger partial charge is 0.316 e. The van der Waals surface area contributed by atoms with E-state index in [1.165, 1.54) is 24.8 Å². The third kappa shape index (κ3) is 3.93. The van der Waals surface area contributed by atoms with Crippen LogP contribution >= 0.6 is 0 Å². The number of anilines is 1. The zero-order valence-corrected chi connectivity index (χ0v) is 15.3. The molecule has 1 atom stereocenters. The van der Waals surface area contributed by atoms with E-state index in [0.717, 1.165) is 12.1 Å². The van der Waals surface area contributed by atoms with Crippen LogP contribution in [0.3, 0.4) is 0 Å². The average Bonchev–Trinajstić information content (AvgIpc) is 3.10. The number of hydrogen-bond acceptors (Lipinski definition) is 5. The minimum atomic E-state index is -0.552. The Hall–Kier alpha value is -3.33. The van der Waals surface area contributed by atoms with Crippen molar-refractivity contribution in [2.24, 2.45) is 5.92 Å². The maximum atomic E-state index is 12.5. The standard InChI is InChI=1S/C21H20N2O4/c1-3-14-4-7-17(8-5-14)23-13-16(11-20(23)24)21(25)27-18-9-6-15(12-22)10-19(18)26-2/h4-10,16H,3,11,13H2,1-2H3. The van der Waals surface area contributed by atoms with Crippen LogP contribution in [0.5, 0.6) is 11.5 Å². The van der Waals surface area contributed by atoms with Crippen LogP contribution in [0.1, 0.15) is 24.5 Å². The van der Waals surface area contributed by atoms with E-state index in [9.17, 15) is 9.59 Å². The van der Waals surface area contributed by atoms with Gasteiger partial charge in [0.25, 0.3) is 0 Å². The molecule has 1 amide bonds. The molecule has 1 saturated heterocycles. The Morgan fingerprint density at radius 3 is 2.59 bits per heavy atom. The monoisotopic (exact) mass is 364 g/mol. The van der Waals surface area contributed by atoms with Crippen LogP contribution in [0.15, 0.2) is 42.5 Å². The topological polar surface area (TPSA) is 79.6 Å². The zero-order chi connectivity index (χ0) is 19.4. The number of amides is 1. The molecule has 6 nitrogen and oxygen atoms in total. The number of esters is 1. The lowest BCUT2D eigenvalue weighted by Gasteiger charge is -2.17. The van der Waals surface area contributed by atoms with Gasteiger partial charge in [-0.25, -0.2) is 0 Å². The molecule has 27 heavy (non-hydrogen) atoms. The van der Waals surface area contributed by atoms with Crippen LogP contribution in [0.25, 0.3) is 0 Å². The van der Waals surface area contributed by atoms with E-state index < -0.39 is 11.9 Å². The molecule has 0 aromatic heterocycles. The second kappa shape index (κ2) is 7.92. The summed E-state index contributed by atoms with van der Waals surface area (Å²) in [5, 5.41) is 8.95. The van der Waals surface area contributed by atoms with Crippen molar-refractivity contribution in [3.05, 3.63) is 53.6 Å². The van der Waals surface area contributed by atoms with Gasteiger partial charge in [0.05, 0.1) is 24.7 Å². The van der Waals surface area contributed by atoms with Gasteiger partial charge in [-0.3, -0.25) is 9.59 Å². The molecule has 0 aliphatic carbocycles. The molecular weight excluding hydrogens is 344 g/mol. The Kier molecular flexibility index (Phi) is 5.41. The Morgan fingerprint density at radius 1 is 1.22 bits per heavy atom. The summed E-state index contributed by atoms with van der Waals surface area (Å²) in [6.45, 7) is 2.35. The maximum absolute atomic E-state index is 12.5. The molecule has 138 valence electrons. The number of carbonyl (C=O) groups is 2. The SMILES string of the molecule is CCc1ccc(N2CC(C(=O)Oc3ccc(C#N)cc3OC)CC2=O)cc1. The number of ether oxygens (including phenoxy) is 2. The minimum Gasteiger partial charge on any atom is -0.493 e. The lowest BCUT2D eigenvalue weighted by atomic mass is 10.1. The molecule has 0 radical (unpaired) electrons. The highest BCUT2D eigenvalue weighted by atomic mass is 16.6. The summed E-state index contributed by atoms with van der Waals surface area (Å²) >= 11 is 0. The summed E-state index contributed by atoms with van der Waals surface area (Å²) < 4.78 is 10.6. The molecule has 6 heteroatoms. The molecule has 1 aliphatic rings. The second-order valence-electron chi connectivity index (χ2n) is 6.32. The molecule has 2 aromatic rings. The largest absolute Gasteiger partial charge is 0.493 e. The van der Waals surface area contributed by atoms with Gasteiger partial charge >= 0.3 is 5.97 Å². The predicted molar refractivity (Wildman–Crippen MR) is 99.6 cm³/mol. The van der Waals surface area contributed by atoms with Crippen LogP contribution in [-0.4, -0.2) is 25.5 Å². The van der Waals surface area contributed by atoms with Gasteiger partial charge in [-0.15, -0.1) is 0 Å². The average molecular weight is 364 g/mol. The van der Waals surface area contributed by atoms with Crippen LogP contribution in [0, 0.1) is 17.2 Å². The Morgan fingerprint density at radius 2 is 1.96 bits per heavy atom. The third-order valence-corrected chi connectivity index (χ3v) is 4.62. The number of carbonyl (C=O) groups excluding carboxylic acids is 2. The highest BCUT2D eigenvalue weighted by Gasteiger charge is 2.36. The van der Waals surface area contributed by atoms with Crippen LogP contribution < -0.4 is 14.4 Å². The van der Waals surface area contributed by atoms with Crippen molar-refractivity contribution in [2.45, 2.75) is 19.8 Å². The molecule has 3 rings (SSSR count). The van der Waals surface area contributed by atoms with Crippen molar-refractivity contribution in [3.8, 4) is 17.6 Å². The fraction of sp³-hybridized carbons (Fsp3) is 0.286. The number of hydrogen-bond donors (Lipinski definition) is 0. The number of benzene rings is 2. The molecular formula is C21H20N2O4. The quantitative estimate of drug-likeness (QED) is 0.602. The fourth-order valence-corrected chi connectivity index (χ4v) is 3.04. The van der Waals surface area contributed by atoms with Crippen molar-refractivity contribution < 1.29 is 19.1 Å². The predicted octanol–water partition coefficient (Wildman–Crippen LogP) is 3.09. The van der Waals surface area contributed by atoms with Gasteiger partial charge in [0.2, 0.25) is 5.91 Å². The number of methoxy groups -OCH3 is 1. The number of nitriles is 1. The second-order valence-corrected chi connectivity index (χ2v) is 6.32. The Labute approximate surface area is 157 Å². The summed E-state index contributed by atoms with van der Waals surface area (Å²) in [6.07, 6.45) is 1.03. The van der Waals surface area contributed by atoms with Gasteiger partial charge in [0.1, 0.15) is 0 Å².